The molecule has 0 spiro atoms. The van der Waals surface area contributed by atoms with E-state index >= 15 is 0 Å². The highest BCUT2D eigenvalue weighted by Crippen LogP contribution is 2.29. The summed E-state index contributed by atoms with van der Waals surface area (Å²) in [4.78, 5) is 12.8. The van der Waals surface area contributed by atoms with Crippen molar-refractivity contribution in [1.82, 2.24) is 10.2 Å². The van der Waals surface area contributed by atoms with Crippen molar-refractivity contribution >= 4 is 45.5 Å². The van der Waals surface area contributed by atoms with Crippen LogP contribution in [0.3, 0.4) is 0 Å². The number of nitriles is 1. The van der Waals surface area contributed by atoms with E-state index in [1.165, 1.54) is 22.7 Å². The van der Waals surface area contributed by atoms with Gasteiger partial charge in [0, 0.05) is 5.75 Å². The molecule has 0 aliphatic heterocycles. The van der Waals surface area contributed by atoms with E-state index < -0.39 is 0 Å². The van der Waals surface area contributed by atoms with Gasteiger partial charge in [-0.2, -0.15) is 5.26 Å². The average molecular weight is 373 g/mol. The standard InChI is InChI=1S/C16H12N4OS3/c1-10-6-7-22-13(10)14(21)18-15-19-20-16(24-15)23-9-12-4-2-11(8-17)3-5-12/h2-7H,9H2,1H3,(H,18,19,21). The van der Waals surface area contributed by atoms with E-state index in [0.717, 1.165) is 21.2 Å². The van der Waals surface area contributed by atoms with Crippen LogP contribution in [0, 0.1) is 18.3 Å². The molecule has 0 radical (unpaired) electrons. The molecule has 24 heavy (non-hydrogen) atoms. The molecular weight excluding hydrogens is 360 g/mol. The van der Waals surface area contributed by atoms with Crippen LogP contribution in [-0.2, 0) is 5.75 Å². The molecule has 0 bridgehead atoms. The van der Waals surface area contributed by atoms with E-state index in [0.29, 0.717) is 15.6 Å². The number of hydrogen-bond donors (Lipinski definition) is 1. The van der Waals surface area contributed by atoms with Crippen LogP contribution in [0.25, 0.3) is 0 Å². The van der Waals surface area contributed by atoms with E-state index in [2.05, 4.69) is 21.6 Å². The normalized spacial score (nSPS) is 10.3. The number of nitrogens with one attached hydrogen (secondary N) is 1. The summed E-state index contributed by atoms with van der Waals surface area (Å²) in [6, 6.07) is 11.5. The predicted octanol–water partition coefficient (Wildman–Crippen LogP) is 4.32. The van der Waals surface area contributed by atoms with Crippen molar-refractivity contribution in [2.45, 2.75) is 17.0 Å². The molecule has 0 fully saturated rings. The minimum atomic E-state index is -0.151. The maximum atomic E-state index is 12.2. The van der Waals surface area contributed by atoms with Crippen LogP contribution >= 0.6 is 34.4 Å². The molecule has 1 amide bonds. The van der Waals surface area contributed by atoms with Crippen LogP contribution in [0.2, 0.25) is 0 Å². The SMILES string of the molecule is Cc1ccsc1C(=O)Nc1nnc(SCc2ccc(C#N)cc2)s1. The number of thioether (sulfide) groups is 1. The molecule has 2 aromatic heterocycles. The lowest BCUT2D eigenvalue weighted by molar-refractivity contribution is 0.103. The fraction of sp³-hybridized carbons (Fsp3) is 0.125. The third-order valence-electron chi connectivity index (χ3n) is 3.14. The third kappa shape index (κ3) is 4.00. The van der Waals surface area contributed by atoms with Crippen molar-refractivity contribution < 1.29 is 4.79 Å². The van der Waals surface area contributed by atoms with Gasteiger partial charge in [0.1, 0.15) is 0 Å². The van der Waals surface area contributed by atoms with Crippen molar-refractivity contribution in [2.75, 3.05) is 5.32 Å². The van der Waals surface area contributed by atoms with Gasteiger partial charge in [-0.25, -0.2) is 0 Å². The van der Waals surface area contributed by atoms with Crippen molar-refractivity contribution in [3.05, 3.63) is 57.3 Å². The summed E-state index contributed by atoms with van der Waals surface area (Å²) in [5, 5.41) is 22.1. The second-order valence-electron chi connectivity index (χ2n) is 4.86. The molecule has 0 atom stereocenters. The van der Waals surface area contributed by atoms with E-state index in [4.69, 9.17) is 5.26 Å². The third-order valence-corrected chi connectivity index (χ3v) is 6.20. The number of amides is 1. The Morgan fingerprint density at radius 2 is 2.08 bits per heavy atom. The number of carbonyl (C=O) groups is 1. The average Bonchev–Trinajstić information content (AvgIpc) is 3.22. The molecular formula is C16H12N4OS3. The number of hydrogen-bond acceptors (Lipinski definition) is 7. The Hall–Kier alpha value is -2.21. The molecule has 8 heteroatoms. The van der Waals surface area contributed by atoms with Crippen LogP contribution in [0.5, 0.6) is 0 Å². The molecule has 120 valence electrons. The zero-order chi connectivity index (χ0) is 16.9. The molecule has 1 aromatic carbocycles. The molecule has 3 rings (SSSR count). The lowest BCUT2D eigenvalue weighted by Gasteiger charge is -1.99. The number of aryl methyl sites for hydroxylation is 1. The Balaban J connectivity index is 1.58. The van der Waals surface area contributed by atoms with Gasteiger partial charge in [0.2, 0.25) is 5.13 Å². The molecule has 0 aliphatic rings. The monoisotopic (exact) mass is 372 g/mol. The number of nitrogens with zero attached hydrogens (tertiary/aromatic N) is 3. The Bertz CT molecular complexity index is 893. The van der Waals surface area contributed by atoms with Crippen LogP contribution in [0.15, 0.2) is 40.1 Å². The van der Waals surface area contributed by atoms with Gasteiger partial charge in [-0.15, -0.1) is 21.5 Å². The minimum absolute atomic E-state index is 0.151. The first kappa shape index (κ1) is 16.6. The summed E-state index contributed by atoms with van der Waals surface area (Å²) < 4.78 is 0.789. The molecule has 5 nitrogen and oxygen atoms in total. The molecule has 0 unspecified atom stereocenters. The van der Waals surface area contributed by atoms with Gasteiger partial charge in [0.25, 0.3) is 5.91 Å². The lowest BCUT2D eigenvalue weighted by Crippen LogP contribution is -2.10. The number of aromatic nitrogens is 2. The van der Waals surface area contributed by atoms with Crippen LogP contribution in [0.4, 0.5) is 5.13 Å². The fourth-order valence-corrected chi connectivity index (χ4v) is 4.42. The number of rotatable bonds is 5. The number of anilines is 1. The van der Waals surface area contributed by atoms with Gasteiger partial charge in [-0.1, -0.05) is 35.2 Å². The lowest BCUT2D eigenvalue weighted by atomic mass is 10.2. The highest BCUT2D eigenvalue weighted by atomic mass is 32.2. The predicted molar refractivity (Wildman–Crippen MR) is 97.6 cm³/mol. The number of thiophene rings is 1. The van der Waals surface area contributed by atoms with Gasteiger partial charge >= 0.3 is 0 Å². The quantitative estimate of drug-likeness (QED) is 0.533. The first-order chi connectivity index (χ1) is 11.7. The highest BCUT2D eigenvalue weighted by molar-refractivity contribution is 8.00. The second-order valence-corrected chi connectivity index (χ2v) is 7.97. The van der Waals surface area contributed by atoms with Crippen molar-refractivity contribution in [3.63, 3.8) is 0 Å². The fourth-order valence-electron chi connectivity index (χ4n) is 1.90. The van der Waals surface area contributed by atoms with Crippen molar-refractivity contribution in [2.24, 2.45) is 0 Å². The van der Waals surface area contributed by atoms with Gasteiger partial charge in [0.15, 0.2) is 4.34 Å². The van der Waals surface area contributed by atoms with Crippen molar-refractivity contribution in [1.29, 1.82) is 5.26 Å². The molecule has 0 saturated carbocycles. The van der Waals surface area contributed by atoms with Crippen LogP contribution in [0.1, 0.15) is 26.4 Å². The van der Waals surface area contributed by atoms with Gasteiger partial charge < -0.3 is 0 Å². The first-order valence-electron chi connectivity index (χ1n) is 6.96. The summed E-state index contributed by atoms with van der Waals surface area (Å²) >= 11 is 4.31. The maximum absolute atomic E-state index is 12.2. The molecule has 1 N–H and O–H groups in total. The maximum Gasteiger partial charge on any atom is 0.267 e. The summed E-state index contributed by atoms with van der Waals surface area (Å²) in [7, 11) is 0. The Morgan fingerprint density at radius 3 is 2.75 bits per heavy atom. The van der Waals surface area contributed by atoms with E-state index in [1.807, 2.05) is 30.5 Å². The zero-order valence-corrected chi connectivity index (χ0v) is 15.1. The van der Waals surface area contributed by atoms with Gasteiger partial charge in [0.05, 0.1) is 16.5 Å². The summed E-state index contributed by atoms with van der Waals surface area (Å²) in [6.07, 6.45) is 0. The Morgan fingerprint density at radius 1 is 1.29 bits per heavy atom. The van der Waals surface area contributed by atoms with Crippen molar-refractivity contribution in [3.8, 4) is 6.07 Å². The molecule has 0 aliphatic carbocycles. The van der Waals surface area contributed by atoms with Crippen LogP contribution in [-0.4, -0.2) is 16.1 Å². The molecule has 2 heterocycles. The van der Waals surface area contributed by atoms with E-state index in [1.54, 1.807) is 23.9 Å². The highest BCUT2D eigenvalue weighted by Gasteiger charge is 2.13. The topological polar surface area (TPSA) is 78.7 Å². The molecule has 0 saturated heterocycles. The second kappa shape index (κ2) is 7.57. The molecule has 3 aromatic rings. The Labute approximate surface area is 151 Å². The number of benzene rings is 1. The van der Waals surface area contributed by atoms with Crippen LogP contribution < -0.4 is 5.32 Å². The largest absolute Gasteiger partial charge is 0.296 e. The van der Waals surface area contributed by atoms with E-state index in [-0.39, 0.29) is 5.91 Å². The summed E-state index contributed by atoms with van der Waals surface area (Å²) in [6.45, 7) is 1.91. The first-order valence-corrected chi connectivity index (χ1v) is 9.64. The zero-order valence-electron chi connectivity index (χ0n) is 12.6. The van der Waals surface area contributed by atoms with Gasteiger partial charge in [-0.05, 0) is 41.6 Å². The summed E-state index contributed by atoms with van der Waals surface area (Å²) in [5.74, 6) is 0.584. The minimum Gasteiger partial charge on any atom is -0.296 e. The smallest absolute Gasteiger partial charge is 0.267 e. The van der Waals surface area contributed by atoms with Gasteiger partial charge in [-0.3, -0.25) is 10.1 Å². The van der Waals surface area contributed by atoms with E-state index in [9.17, 15) is 4.79 Å². The number of carbonyl (C=O) groups excluding carboxylic acids is 1. The summed E-state index contributed by atoms with van der Waals surface area (Å²) in [5.41, 5.74) is 2.71. The Kier molecular flexibility index (Phi) is 5.25.